The molecule has 25 heavy (non-hydrogen) atoms. The molecule has 0 aliphatic heterocycles. The van der Waals surface area contributed by atoms with Crippen molar-refractivity contribution >= 4 is 27.4 Å². The van der Waals surface area contributed by atoms with Gasteiger partial charge in [0, 0.05) is 28.1 Å². The summed E-state index contributed by atoms with van der Waals surface area (Å²) in [5, 5.41) is 27.5. The molecule has 0 saturated heterocycles. The summed E-state index contributed by atoms with van der Waals surface area (Å²) in [7, 11) is 0. The number of fused-ring (bicyclic) bond motifs is 1. The lowest BCUT2D eigenvalue weighted by Gasteiger charge is -2.24. The molecule has 1 aromatic carbocycles. The molecule has 2 unspecified atom stereocenters. The molecule has 0 fully saturated rings. The van der Waals surface area contributed by atoms with Crippen molar-refractivity contribution in [1.29, 1.82) is 0 Å². The van der Waals surface area contributed by atoms with Crippen LogP contribution in [-0.2, 0) is 0 Å². The molecule has 2 aromatic rings. The summed E-state index contributed by atoms with van der Waals surface area (Å²) in [6.45, 7) is 7.85. The Bertz CT molecular complexity index is 662. The second-order valence-corrected chi connectivity index (χ2v) is 7.72. The molecule has 0 aliphatic rings. The zero-order valence-corrected chi connectivity index (χ0v) is 16.1. The molecular formula is C19H29N3O2S. The number of nitrogens with zero attached hydrogens (tertiary/aromatic N) is 1. The average Bonchev–Trinajstić information content (AvgIpc) is 3.07. The third-order valence-electron chi connectivity index (χ3n) is 4.43. The quantitative estimate of drug-likeness (QED) is 0.430. The highest BCUT2D eigenvalue weighted by Crippen LogP contribution is 2.29. The van der Waals surface area contributed by atoms with E-state index in [9.17, 15) is 10.2 Å². The molecule has 0 amide bonds. The highest BCUT2D eigenvalue weighted by molar-refractivity contribution is 7.19. The number of aliphatic hydroxyl groups excluding tert-OH is 2. The first kappa shape index (κ1) is 19.7. The van der Waals surface area contributed by atoms with Crippen LogP contribution in [0.1, 0.15) is 38.2 Å². The molecule has 0 bridgehead atoms. The van der Waals surface area contributed by atoms with Crippen molar-refractivity contribution in [1.82, 2.24) is 10.6 Å². The Morgan fingerprint density at radius 1 is 1.28 bits per heavy atom. The van der Waals surface area contributed by atoms with Gasteiger partial charge in [0.1, 0.15) is 6.10 Å². The van der Waals surface area contributed by atoms with E-state index in [1.807, 2.05) is 32.0 Å². The third-order valence-corrected chi connectivity index (χ3v) is 5.65. The second kappa shape index (κ2) is 9.17. The van der Waals surface area contributed by atoms with E-state index >= 15 is 0 Å². The summed E-state index contributed by atoms with van der Waals surface area (Å²) in [6, 6.07) is 10.2. The van der Waals surface area contributed by atoms with Gasteiger partial charge in [-0.05, 0) is 30.9 Å². The smallest absolute Gasteiger partial charge is 0.191 e. The first-order valence-electron chi connectivity index (χ1n) is 8.81. The van der Waals surface area contributed by atoms with Crippen LogP contribution in [0.5, 0.6) is 0 Å². The van der Waals surface area contributed by atoms with Crippen LogP contribution in [0.2, 0.25) is 0 Å². The van der Waals surface area contributed by atoms with E-state index in [1.54, 1.807) is 11.3 Å². The lowest BCUT2D eigenvalue weighted by molar-refractivity contribution is 0.145. The zero-order chi connectivity index (χ0) is 18.3. The van der Waals surface area contributed by atoms with Gasteiger partial charge in [0.05, 0.1) is 13.2 Å². The van der Waals surface area contributed by atoms with Gasteiger partial charge in [0.25, 0.3) is 0 Å². The first-order valence-corrected chi connectivity index (χ1v) is 9.62. The summed E-state index contributed by atoms with van der Waals surface area (Å²) < 4.78 is 1.18. The van der Waals surface area contributed by atoms with E-state index in [4.69, 9.17) is 0 Å². The van der Waals surface area contributed by atoms with Crippen molar-refractivity contribution in [3.8, 4) is 0 Å². The number of hydrogen-bond acceptors (Lipinski definition) is 4. The van der Waals surface area contributed by atoms with Gasteiger partial charge >= 0.3 is 0 Å². The predicted octanol–water partition coefficient (Wildman–Crippen LogP) is 2.90. The number of rotatable bonds is 8. The zero-order valence-electron chi connectivity index (χ0n) is 15.2. The van der Waals surface area contributed by atoms with Gasteiger partial charge in [-0.15, -0.1) is 11.3 Å². The Balaban J connectivity index is 1.99. The topological polar surface area (TPSA) is 76.9 Å². The summed E-state index contributed by atoms with van der Waals surface area (Å²) in [5.41, 5.74) is -0.216. The fraction of sp³-hybridized carbons (Fsp3) is 0.526. The van der Waals surface area contributed by atoms with Gasteiger partial charge in [-0.3, -0.25) is 4.99 Å². The van der Waals surface area contributed by atoms with E-state index in [0.29, 0.717) is 19.0 Å². The fourth-order valence-electron chi connectivity index (χ4n) is 2.35. The number of aliphatic imine (C=N–C) groups is 1. The second-order valence-electron chi connectivity index (χ2n) is 6.60. The highest BCUT2D eigenvalue weighted by atomic mass is 32.1. The molecule has 2 rings (SSSR count). The van der Waals surface area contributed by atoms with Gasteiger partial charge in [-0.25, -0.2) is 0 Å². The summed E-state index contributed by atoms with van der Waals surface area (Å²) in [4.78, 5) is 5.51. The Hall–Kier alpha value is -1.63. The first-order chi connectivity index (χ1) is 12.0. The maximum Gasteiger partial charge on any atom is 0.191 e. The minimum atomic E-state index is -0.586. The van der Waals surface area contributed by atoms with Crippen LogP contribution in [0, 0.1) is 5.41 Å². The largest absolute Gasteiger partial charge is 0.396 e. The Labute approximate surface area is 153 Å². The number of nitrogens with one attached hydrogen (secondary N) is 2. The molecule has 0 aliphatic carbocycles. The Morgan fingerprint density at radius 2 is 2.04 bits per heavy atom. The van der Waals surface area contributed by atoms with Crippen molar-refractivity contribution in [3.05, 3.63) is 35.2 Å². The van der Waals surface area contributed by atoms with Crippen molar-refractivity contribution in [3.63, 3.8) is 0 Å². The lowest BCUT2D eigenvalue weighted by atomic mass is 9.89. The molecule has 0 radical (unpaired) electrons. The van der Waals surface area contributed by atoms with Crippen LogP contribution in [0.15, 0.2) is 35.3 Å². The number of guanidine groups is 1. The minimum absolute atomic E-state index is 0.108. The van der Waals surface area contributed by atoms with Gasteiger partial charge < -0.3 is 20.8 Å². The van der Waals surface area contributed by atoms with Gasteiger partial charge in [0.15, 0.2) is 5.96 Å². The van der Waals surface area contributed by atoms with Crippen LogP contribution in [0.3, 0.4) is 0 Å². The number of thiophene rings is 1. The molecule has 138 valence electrons. The summed E-state index contributed by atoms with van der Waals surface area (Å²) in [6.07, 6.45) is 0.272. The van der Waals surface area contributed by atoms with E-state index in [-0.39, 0.29) is 12.0 Å². The molecule has 1 aromatic heterocycles. The van der Waals surface area contributed by atoms with Crippen molar-refractivity contribution in [2.75, 3.05) is 26.2 Å². The van der Waals surface area contributed by atoms with Crippen molar-refractivity contribution in [2.24, 2.45) is 10.4 Å². The van der Waals surface area contributed by atoms with Crippen LogP contribution in [0.25, 0.3) is 10.1 Å². The Kier molecular flexibility index (Phi) is 7.23. The fourth-order valence-corrected chi connectivity index (χ4v) is 3.40. The standard InChI is InChI=1S/C19H29N3O2S/c1-4-19(3,13-23)12-22-18(20-5-2)21-11-15(24)17-10-14-8-6-7-9-16(14)25-17/h6-10,15,23-24H,4-5,11-13H2,1-3H3,(H2,20,21,22). The third kappa shape index (κ3) is 5.42. The highest BCUT2D eigenvalue weighted by Gasteiger charge is 2.21. The maximum absolute atomic E-state index is 10.5. The van der Waals surface area contributed by atoms with Crippen LogP contribution in [-0.4, -0.2) is 42.4 Å². The Morgan fingerprint density at radius 3 is 2.68 bits per heavy atom. The molecular weight excluding hydrogens is 334 g/mol. The molecule has 1 heterocycles. The maximum atomic E-state index is 10.5. The van der Waals surface area contributed by atoms with Crippen molar-refractivity contribution < 1.29 is 10.2 Å². The molecule has 5 nitrogen and oxygen atoms in total. The van der Waals surface area contributed by atoms with E-state index in [2.05, 4.69) is 34.7 Å². The van der Waals surface area contributed by atoms with Crippen LogP contribution >= 0.6 is 11.3 Å². The minimum Gasteiger partial charge on any atom is -0.396 e. The van der Waals surface area contributed by atoms with E-state index in [0.717, 1.165) is 23.2 Å². The van der Waals surface area contributed by atoms with Crippen molar-refractivity contribution in [2.45, 2.75) is 33.3 Å². The predicted molar refractivity (Wildman–Crippen MR) is 106 cm³/mol. The van der Waals surface area contributed by atoms with Gasteiger partial charge in [-0.2, -0.15) is 0 Å². The van der Waals surface area contributed by atoms with Crippen LogP contribution < -0.4 is 10.6 Å². The van der Waals surface area contributed by atoms with E-state index < -0.39 is 6.10 Å². The molecule has 2 atom stereocenters. The monoisotopic (exact) mass is 363 g/mol. The summed E-state index contributed by atoms with van der Waals surface area (Å²) in [5.74, 6) is 0.663. The van der Waals surface area contributed by atoms with Gasteiger partial charge in [-0.1, -0.05) is 32.0 Å². The summed E-state index contributed by atoms with van der Waals surface area (Å²) >= 11 is 1.61. The van der Waals surface area contributed by atoms with E-state index in [1.165, 1.54) is 4.70 Å². The molecule has 0 spiro atoms. The molecule has 6 heteroatoms. The van der Waals surface area contributed by atoms with Crippen LogP contribution in [0.4, 0.5) is 0 Å². The lowest BCUT2D eigenvalue weighted by Crippen LogP contribution is -2.40. The average molecular weight is 364 g/mol. The molecule has 0 saturated carbocycles. The normalized spacial score (nSPS) is 15.8. The molecule has 4 N–H and O–H groups in total. The number of aliphatic hydroxyl groups is 2. The number of benzene rings is 1. The SMILES string of the molecule is CCNC(=NCC(C)(CC)CO)NCC(O)c1cc2ccccc2s1. The van der Waals surface area contributed by atoms with Gasteiger partial charge in [0.2, 0.25) is 0 Å². The number of hydrogen-bond donors (Lipinski definition) is 4.